The predicted molar refractivity (Wildman–Crippen MR) is 95.1 cm³/mol. The van der Waals surface area contributed by atoms with Crippen LogP contribution in [0.4, 0.5) is 4.39 Å². The monoisotopic (exact) mass is 359 g/mol. The van der Waals surface area contributed by atoms with Gasteiger partial charge in [-0.3, -0.25) is 9.89 Å². The fourth-order valence-corrected chi connectivity index (χ4v) is 2.79. The normalized spacial score (nSPS) is 11.2. The maximum absolute atomic E-state index is 13.2. The van der Waals surface area contributed by atoms with E-state index in [0.717, 1.165) is 23.4 Å². The van der Waals surface area contributed by atoms with Crippen LogP contribution in [0, 0.1) is 19.7 Å². The molecule has 3 aromatic rings. The highest BCUT2D eigenvalue weighted by Crippen LogP contribution is 2.13. The SMILES string of the molecule is Cc1n[nH]c(C)c1CCN(C)C(=O)COCc1nc2ccc(F)cc2[nH]1. The van der Waals surface area contributed by atoms with Crippen molar-refractivity contribution in [2.24, 2.45) is 0 Å². The molecule has 0 unspecified atom stereocenters. The van der Waals surface area contributed by atoms with Crippen molar-refractivity contribution in [1.29, 1.82) is 0 Å². The summed E-state index contributed by atoms with van der Waals surface area (Å²) in [6.45, 7) is 4.64. The molecule has 2 aromatic heterocycles. The van der Waals surface area contributed by atoms with Gasteiger partial charge in [0.15, 0.2) is 0 Å². The third-order valence-corrected chi connectivity index (χ3v) is 4.36. The van der Waals surface area contributed by atoms with Crippen LogP contribution in [0.5, 0.6) is 0 Å². The number of benzene rings is 1. The van der Waals surface area contributed by atoms with E-state index in [-0.39, 0.29) is 24.9 Å². The molecule has 138 valence electrons. The number of carbonyl (C=O) groups excluding carboxylic acids is 1. The summed E-state index contributed by atoms with van der Waals surface area (Å²) in [7, 11) is 1.75. The number of carbonyl (C=O) groups is 1. The summed E-state index contributed by atoms with van der Waals surface area (Å²) in [6, 6.07) is 4.34. The van der Waals surface area contributed by atoms with Crippen LogP contribution in [-0.2, 0) is 22.6 Å². The van der Waals surface area contributed by atoms with Gasteiger partial charge in [0, 0.05) is 19.3 Å². The Morgan fingerprint density at radius 3 is 2.88 bits per heavy atom. The quantitative estimate of drug-likeness (QED) is 0.677. The van der Waals surface area contributed by atoms with Crippen LogP contribution in [0.2, 0.25) is 0 Å². The van der Waals surface area contributed by atoms with Crippen LogP contribution in [0.3, 0.4) is 0 Å². The first kappa shape index (κ1) is 18.1. The minimum Gasteiger partial charge on any atom is -0.364 e. The number of halogens is 1. The molecule has 0 aliphatic rings. The zero-order valence-electron chi connectivity index (χ0n) is 15.1. The summed E-state index contributed by atoms with van der Waals surface area (Å²) in [5.74, 6) is 0.130. The first-order valence-electron chi connectivity index (χ1n) is 8.40. The first-order chi connectivity index (χ1) is 12.4. The third kappa shape index (κ3) is 4.08. The molecule has 2 N–H and O–H groups in total. The highest BCUT2D eigenvalue weighted by molar-refractivity contribution is 5.77. The van der Waals surface area contributed by atoms with E-state index in [4.69, 9.17) is 4.74 Å². The Morgan fingerprint density at radius 2 is 2.15 bits per heavy atom. The molecule has 0 saturated heterocycles. The van der Waals surface area contributed by atoms with Crippen LogP contribution >= 0.6 is 0 Å². The van der Waals surface area contributed by atoms with Crippen LogP contribution in [0.25, 0.3) is 11.0 Å². The molecule has 0 fully saturated rings. The van der Waals surface area contributed by atoms with Gasteiger partial charge < -0.3 is 14.6 Å². The number of aromatic amines is 2. The molecule has 0 aliphatic carbocycles. The maximum Gasteiger partial charge on any atom is 0.248 e. The van der Waals surface area contributed by atoms with Crippen LogP contribution < -0.4 is 0 Å². The van der Waals surface area contributed by atoms with Gasteiger partial charge in [-0.15, -0.1) is 0 Å². The number of fused-ring (bicyclic) bond motifs is 1. The van der Waals surface area contributed by atoms with E-state index in [9.17, 15) is 9.18 Å². The Hall–Kier alpha value is -2.74. The molecular formula is C18H22FN5O2. The van der Waals surface area contributed by atoms with Gasteiger partial charge in [-0.05, 0) is 44.0 Å². The van der Waals surface area contributed by atoms with E-state index in [0.29, 0.717) is 23.4 Å². The molecule has 8 heteroatoms. The molecule has 0 saturated carbocycles. The minimum absolute atomic E-state index is 0.0365. The van der Waals surface area contributed by atoms with Crippen molar-refractivity contribution < 1.29 is 13.9 Å². The van der Waals surface area contributed by atoms with Gasteiger partial charge >= 0.3 is 0 Å². The smallest absolute Gasteiger partial charge is 0.248 e. The molecule has 0 spiro atoms. The summed E-state index contributed by atoms with van der Waals surface area (Å²) in [5.41, 5.74) is 4.40. The number of nitrogens with one attached hydrogen (secondary N) is 2. The van der Waals surface area contributed by atoms with Crippen molar-refractivity contribution in [3.8, 4) is 0 Å². The zero-order chi connectivity index (χ0) is 18.7. The number of rotatable bonds is 7. The first-order valence-corrected chi connectivity index (χ1v) is 8.40. The second kappa shape index (κ2) is 7.65. The number of likely N-dealkylation sites (N-methyl/N-ethyl adjacent to an activating group) is 1. The number of nitrogens with zero attached hydrogens (tertiary/aromatic N) is 3. The number of amides is 1. The fourth-order valence-electron chi connectivity index (χ4n) is 2.79. The van der Waals surface area contributed by atoms with Gasteiger partial charge in [-0.25, -0.2) is 9.37 Å². The molecule has 1 amide bonds. The Labute approximate surface area is 150 Å². The summed E-state index contributed by atoms with van der Waals surface area (Å²) in [4.78, 5) is 21.1. The lowest BCUT2D eigenvalue weighted by atomic mass is 10.1. The van der Waals surface area contributed by atoms with Crippen molar-refractivity contribution in [1.82, 2.24) is 25.1 Å². The molecule has 7 nitrogen and oxygen atoms in total. The molecule has 1 aromatic carbocycles. The second-order valence-electron chi connectivity index (χ2n) is 6.32. The molecule has 0 radical (unpaired) electrons. The highest BCUT2D eigenvalue weighted by atomic mass is 19.1. The van der Waals surface area contributed by atoms with Crippen molar-refractivity contribution >= 4 is 16.9 Å². The van der Waals surface area contributed by atoms with Gasteiger partial charge in [0.25, 0.3) is 0 Å². The molecule has 0 bridgehead atoms. The van der Waals surface area contributed by atoms with Crippen molar-refractivity contribution in [3.63, 3.8) is 0 Å². The number of aromatic nitrogens is 4. The number of ether oxygens (including phenoxy) is 1. The lowest BCUT2D eigenvalue weighted by molar-refractivity contribution is -0.135. The lowest BCUT2D eigenvalue weighted by Crippen LogP contribution is -2.32. The van der Waals surface area contributed by atoms with Crippen LogP contribution in [0.15, 0.2) is 18.2 Å². The second-order valence-corrected chi connectivity index (χ2v) is 6.32. The van der Waals surface area contributed by atoms with Gasteiger partial charge in [-0.1, -0.05) is 0 Å². The lowest BCUT2D eigenvalue weighted by Gasteiger charge is -2.17. The van der Waals surface area contributed by atoms with Gasteiger partial charge in [0.2, 0.25) is 5.91 Å². The highest BCUT2D eigenvalue weighted by Gasteiger charge is 2.12. The number of imidazole rings is 1. The van der Waals surface area contributed by atoms with E-state index >= 15 is 0 Å². The average Bonchev–Trinajstić information content (AvgIpc) is 3.15. The van der Waals surface area contributed by atoms with E-state index in [1.54, 1.807) is 18.0 Å². The van der Waals surface area contributed by atoms with E-state index in [2.05, 4.69) is 20.2 Å². The summed E-state index contributed by atoms with van der Waals surface area (Å²) in [5, 5.41) is 7.10. The van der Waals surface area contributed by atoms with Crippen molar-refractivity contribution in [2.75, 3.05) is 20.2 Å². The Balaban J connectivity index is 1.46. The minimum atomic E-state index is -0.325. The van der Waals surface area contributed by atoms with Crippen LogP contribution in [-0.4, -0.2) is 51.2 Å². The molecular weight excluding hydrogens is 337 g/mol. The summed E-state index contributed by atoms with van der Waals surface area (Å²) in [6.07, 6.45) is 0.742. The third-order valence-electron chi connectivity index (χ3n) is 4.36. The van der Waals surface area contributed by atoms with Gasteiger partial charge in [0.05, 0.1) is 16.7 Å². The van der Waals surface area contributed by atoms with Gasteiger partial charge in [0.1, 0.15) is 24.9 Å². The maximum atomic E-state index is 13.2. The van der Waals surface area contributed by atoms with Crippen molar-refractivity contribution in [2.45, 2.75) is 26.9 Å². The largest absolute Gasteiger partial charge is 0.364 e. The molecule has 0 aliphatic heterocycles. The van der Waals surface area contributed by atoms with E-state index < -0.39 is 0 Å². The van der Waals surface area contributed by atoms with Gasteiger partial charge in [-0.2, -0.15) is 5.10 Å². The zero-order valence-corrected chi connectivity index (χ0v) is 15.1. The summed E-state index contributed by atoms with van der Waals surface area (Å²) >= 11 is 0. The Bertz CT molecular complexity index is 898. The number of hydrogen-bond donors (Lipinski definition) is 2. The van der Waals surface area contributed by atoms with E-state index in [1.165, 1.54) is 12.1 Å². The standard InChI is InChI=1S/C18H22FN5O2/c1-11-14(12(2)23-22-11)6-7-24(3)18(25)10-26-9-17-20-15-5-4-13(19)8-16(15)21-17/h4-5,8H,6-7,9-10H2,1-3H3,(H,20,21)(H,22,23). The Kier molecular flexibility index (Phi) is 5.32. The molecule has 26 heavy (non-hydrogen) atoms. The topological polar surface area (TPSA) is 86.9 Å². The molecule has 3 rings (SSSR count). The fraction of sp³-hybridized carbons (Fsp3) is 0.389. The van der Waals surface area contributed by atoms with Crippen LogP contribution in [0.1, 0.15) is 22.8 Å². The Morgan fingerprint density at radius 1 is 1.35 bits per heavy atom. The number of aryl methyl sites for hydroxylation is 2. The summed E-state index contributed by atoms with van der Waals surface area (Å²) < 4.78 is 18.6. The molecule has 0 atom stereocenters. The molecule has 2 heterocycles. The van der Waals surface area contributed by atoms with Crippen molar-refractivity contribution in [3.05, 3.63) is 46.8 Å². The van der Waals surface area contributed by atoms with E-state index in [1.807, 2.05) is 13.8 Å². The number of H-pyrrole nitrogens is 2. The number of hydrogen-bond acceptors (Lipinski definition) is 4. The predicted octanol–water partition coefficient (Wildman–Crippen LogP) is 2.26. The average molecular weight is 359 g/mol.